The molecule has 0 amide bonds. The van der Waals surface area contributed by atoms with Crippen LogP contribution < -0.4 is 4.74 Å². The van der Waals surface area contributed by atoms with Gasteiger partial charge in [0.05, 0.1) is 6.61 Å². The van der Waals surface area contributed by atoms with Gasteiger partial charge < -0.3 is 14.6 Å². The van der Waals surface area contributed by atoms with Crippen molar-refractivity contribution in [1.29, 1.82) is 0 Å². The third-order valence-corrected chi connectivity index (χ3v) is 2.45. The van der Waals surface area contributed by atoms with E-state index < -0.39 is 6.10 Å². The second-order valence-corrected chi connectivity index (χ2v) is 3.93. The van der Waals surface area contributed by atoms with E-state index >= 15 is 0 Å². The van der Waals surface area contributed by atoms with Crippen molar-refractivity contribution in [3.05, 3.63) is 29.8 Å². The van der Waals surface area contributed by atoms with Gasteiger partial charge in [-0.2, -0.15) is 0 Å². The van der Waals surface area contributed by atoms with Crippen molar-refractivity contribution in [2.75, 3.05) is 19.8 Å². The zero-order valence-electron chi connectivity index (χ0n) is 10.9. The summed E-state index contributed by atoms with van der Waals surface area (Å²) < 4.78 is 10.5. The van der Waals surface area contributed by atoms with Gasteiger partial charge in [0.2, 0.25) is 0 Å². The predicted molar refractivity (Wildman–Crippen MR) is 69.1 cm³/mol. The molecule has 0 bridgehead atoms. The quantitative estimate of drug-likeness (QED) is 0.719. The standard InChI is InChI=1S/C14H20O4/c1-3-14(16)11-5-7-13(8-6-11)18-10-12(15)9-17-4-2/h5-8,12,15H,3-4,9-10H2,1-2H3. The third-order valence-electron chi connectivity index (χ3n) is 2.45. The van der Waals surface area contributed by atoms with Crippen molar-refractivity contribution >= 4 is 5.78 Å². The molecule has 0 aromatic heterocycles. The minimum atomic E-state index is -0.637. The number of hydrogen-bond acceptors (Lipinski definition) is 4. The Morgan fingerprint density at radius 2 is 1.89 bits per heavy atom. The first-order valence-corrected chi connectivity index (χ1v) is 6.19. The van der Waals surface area contributed by atoms with Gasteiger partial charge in [0.15, 0.2) is 5.78 Å². The zero-order valence-corrected chi connectivity index (χ0v) is 10.9. The van der Waals surface area contributed by atoms with Crippen LogP contribution in [-0.2, 0) is 4.74 Å². The molecule has 4 nitrogen and oxygen atoms in total. The SMILES string of the molecule is CCOCC(O)COc1ccc(C(=O)CC)cc1. The number of ketones is 1. The van der Waals surface area contributed by atoms with E-state index in [1.54, 1.807) is 24.3 Å². The normalized spacial score (nSPS) is 12.2. The molecule has 18 heavy (non-hydrogen) atoms. The summed E-state index contributed by atoms with van der Waals surface area (Å²) in [5.74, 6) is 0.746. The van der Waals surface area contributed by atoms with E-state index in [9.17, 15) is 9.90 Å². The summed E-state index contributed by atoms with van der Waals surface area (Å²) in [6.07, 6.45) is -0.144. The molecule has 1 atom stereocenters. The molecule has 1 aromatic carbocycles. The van der Waals surface area contributed by atoms with Crippen molar-refractivity contribution in [3.8, 4) is 5.75 Å². The maximum absolute atomic E-state index is 11.4. The minimum absolute atomic E-state index is 0.109. The van der Waals surface area contributed by atoms with Crippen molar-refractivity contribution in [3.63, 3.8) is 0 Å². The average molecular weight is 252 g/mol. The molecule has 1 unspecified atom stereocenters. The molecule has 1 aromatic rings. The number of ether oxygens (including phenoxy) is 2. The van der Waals surface area contributed by atoms with Gasteiger partial charge in [-0.3, -0.25) is 4.79 Å². The van der Waals surface area contributed by atoms with Gasteiger partial charge in [0.25, 0.3) is 0 Å². The number of benzene rings is 1. The van der Waals surface area contributed by atoms with Gasteiger partial charge in [-0.1, -0.05) is 6.92 Å². The molecular weight excluding hydrogens is 232 g/mol. The van der Waals surface area contributed by atoms with Crippen LogP contribution in [-0.4, -0.2) is 36.8 Å². The molecule has 0 radical (unpaired) electrons. The first-order valence-electron chi connectivity index (χ1n) is 6.19. The van der Waals surface area contributed by atoms with Crippen molar-refractivity contribution in [2.24, 2.45) is 0 Å². The highest BCUT2D eigenvalue weighted by atomic mass is 16.5. The molecule has 0 saturated carbocycles. The van der Waals surface area contributed by atoms with Crippen LogP contribution in [0.1, 0.15) is 30.6 Å². The molecular formula is C14H20O4. The summed E-state index contributed by atoms with van der Waals surface area (Å²) in [6, 6.07) is 6.93. The number of aliphatic hydroxyl groups is 1. The highest BCUT2D eigenvalue weighted by Gasteiger charge is 2.06. The topological polar surface area (TPSA) is 55.8 Å². The molecule has 0 fully saturated rings. The van der Waals surface area contributed by atoms with Gasteiger partial charge in [-0.25, -0.2) is 0 Å². The van der Waals surface area contributed by atoms with Gasteiger partial charge >= 0.3 is 0 Å². The summed E-state index contributed by atoms with van der Waals surface area (Å²) in [6.45, 7) is 4.72. The van der Waals surface area contributed by atoms with E-state index in [1.807, 2.05) is 13.8 Å². The number of carbonyl (C=O) groups is 1. The van der Waals surface area contributed by atoms with E-state index in [2.05, 4.69) is 0 Å². The van der Waals surface area contributed by atoms with Crippen LogP contribution in [0.5, 0.6) is 5.75 Å². The lowest BCUT2D eigenvalue weighted by molar-refractivity contribution is 0.0164. The molecule has 0 aliphatic heterocycles. The van der Waals surface area contributed by atoms with E-state index in [0.29, 0.717) is 24.3 Å². The maximum Gasteiger partial charge on any atom is 0.162 e. The summed E-state index contributed by atoms with van der Waals surface area (Å²) in [7, 11) is 0. The van der Waals surface area contributed by atoms with Crippen molar-refractivity contribution in [1.82, 2.24) is 0 Å². The Labute approximate surface area is 108 Å². The van der Waals surface area contributed by atoms with Crippen LogP contribution in [0, 0.1) is 0 Å². The van der Waals surface area contributed by atoms with Crippen LogP contribution >= 0.6 is 0 Å². The largest absolute Gasteiger partial charge is 0.491 e. The van der Waals surface area contributed by atoms with Crippen LogP contribution in [0.3, 0.4) is 0 Å². The smallest absolute Gasteiger partial charge is 0.162 e. The zero-order chi connectivity index (χ0) is 13.4. The van der Waals surface area contributed by atoms with Gasteiger partial charge in [0.1, 0.15) is 18.5 Å². The highest BCUT2D eigenvalue weighted by molar-refractivity contribution is 5.95. The summed E-state index contributed by atoms with van der Waals surface area (Å²) >= 11 is 0. The summed E-state index contributed by atoms with van der Waals surface area (Å²) in [5, 5.41) is 9.52. The summed E-state index contributed by atoms with van der Waals surface area (Å²) in [5.41, 5.74) is 0.680. The first-order chi connectivity index (χ1) is 8.67. The Hall–Kier alpha value is -1.39. The van der Waals surface area contributed by atoms with Crippen molar-refractivity contribution < 1.29 is 19.4 Å². The Kier molecular flexibility index (Phi) is 6.39. The molecule has 4 heteroatoms. The fraction of sp³-hybridized carbons (Fsp3) is 0.500. The lowest BCUT2D eigenvalue weighted by atomic mass is 10.1. The fourth-order valence-electron chi connectivity index (χ4n) is 1.44. The lowest BCUT2D eigenvalue weighted by Crippen LogP contribution is -2.23. The lowest BCUT2D eigenvalue weighted by Gasteiger charge is -2.12. The molecule has 0 saturated heterocycles. The predicted octanol–water partition coefficient (Wildman–Crippen LogP) is 2.06. The second-order valence-electron chi connectivity index (χ2n) is 3.93. The molecule has 0 aliphatic carbocycles. The molecule has 0 spiro atoms. The minimum Gasteiger partial charge on any atom is -0.491 e. The molecule has 100 valence electrons. The van der Waals surface area contributed by atoms with E-state index in [1.165, 1.54) is 0 Å². The molecule has 0 heterocycles. The first kappa shape index (κ1) is 14.7. The van der Waals surface area contributed by atoms with E-state index in [4.69, 9.17) is 9.47 Å². The third kappa shape index (κ3) is 4.85. The van der Waals surface area contributed by atoms with Crippen LogP contribution in [0.25, 0.3) is 0 Å². The number of aliphatic hydroxyl groups excluding tert-OH is 1. The van der Waals surface area contributed by atoms with Crippen LogP contribution in [0.2, 0.25) is 0 Å². The number of carbonyl (C=O) groups excluding carboxylic acids is 1. The Morgan fingerprint density at radius 3 is 2.44 bits per heavy atom. The van der Waals surface area contributed by atoms with Gasteiger partial charge in [0, 0.05) is 18.6 Å². The number of Topliss-reactive ketones (excluding diaryl/α,β-unsaturated/α-hetero) is 1. The maximum atomic E-state index is 11.4. The fourth-order valence-corrected chi connectivity index (χ4v) is 1.44. The van der Waals surface area contributed by atoms with Crippen LogP contribution in [0.4, 0.5) is 0 Å². The van der Waals surface area contributed by atoms with E-state index in [-0.39, 0.29) is 19.0 Å². The Balaban J connectivity index is 2.41. The van der Waals surface area contributed by atoms with Crippen LogP contribution in [0.15, 0.2) is 24.3 Å². The van der Waals surface area contributed by atoms with E-state index in [0.717, 1.165) is 0 Å². The molecule has 1 N–H and O–H groups in total. The van der Waals surface area contributed by atoms with Gasteiger partial charge in [-0.15, -0.1) is 0 Å². The average Bonchev–Trinajstić information content (AvgIpc) is 2.42. The Bertz CT molecular complexity index is 359. The summed E-state index contributed by atoms with van der Waals surface area (Å²) in [4.78, 5) is 11.4. The second kappa shape index (κ2) is 7.84. The number of hydrogen-bond donors (Lipinski definition) is 1. The Morgan fingerprint density at radius 1 is 1.22 bits per heavy atom. The van der Waals surface area contributed by atoms with Gasteiger partial charge in [-0.05, 0) is 31.2 Å². The molecule has 1 rings (SSSR count). The highest BCUT2D eigenvalue weighted by Crippen LogP contribution is 2.13. The number of rotatable bonds is 8. The van der Waals surface area contributed by atoms with Crippen molar-refractivity contribution in [2.45, 2.75) is 26.4 Å². The molecule has 0 aliphatic rings. The monoisotopic (exact) mass is 252 g/mol.